The quantitative estimate of drug-likeness (QED) is 0.578. The minimum atomic E-state index is -0.295. The van der Waals surface area contributed by atoms with Gasteiger partial charge < -0.3 is 0 Å². The lowest BCUT2D eigenvalue weighted by molar-refractivity contribution is 0.367. The zero-order chi connectivity index (χ0) is 12.0. The summed E-state index contributed by atoms with van der Waals surface area (Å²) in [4.78, 5) is 3.74. The largest absolute Gasteiger partial charge is 0.271 e. The molecule has 1 rings (SSSR count). The summed E-state index contributed by atoms with van der Waals surface area (Å²) in [5, 5.41) is 0. The number of hydrogen-bond acceptors (Lipinski definition) is 3. The van der Waals surface area contributed by atoms with Crippen LogP contribution in [0.4, 0.5) is 4.39 Å². The van der Waals surface area contributed by atoms with Gasteiger partial charge in [0.1, 0.15) is 5.82 Å². The third kappa shape index (κ3) is 3.25. The van der Waals surface area contributed by atoms with Crippen molar-refractivity contribution in [2.45, 2.75) is 39.2 Å². The maximum absolute atomic E-state index is 13.5. The molecule has 3 nitrogen and oxygen atoms in total. The van der Waals surface area contributed by atoms with E-state index in [1.807, 2.05) is 0 Å². The van der Waals surface area contributed by atoms with Gasteiger partial charge in [-0.15, -0.1) is 0 Å². The molecule has 4 heteroatoms. The molecular weight excluding hydrogens is 205 g/mol. The molecule has 0 saturated heterocycles. The summed E-state index contributed by atoms with van der Waals surface area (Å²) in [7, 11) is 0. The molecule has 1 heterocycles. The maximum Gasteiger partial charge on any atom is 0.146 e. The van der Waals surface area contributed by atoms with E-state index >= 15 is 0 Å². The van der Waals surface area contributed by atoms with Crippen LogP contribution in [0.2, 0.25) is 0 Å². The third-order valence-electron chi connectivity index (χ3n) is 3.10. The number of nitrogens with two attached hydrogens (primary N) is 1. The van der Waals surface area contributed by atoms with E-state index in [2.05, 4.69) is 24.3 Å². The van der Waals surface area contributed by atoms with Crippen LogP contribution in [0, 0.1) is 11.7 Å². The van der Waals surface area contributed by atoms with Crippen LogP contribution in [0.15, 0.2) is 18.5 Å². The Morgan fingerprint density at radius 2 is 2.12 bits per heavy atom. The Labute approximate surface area is 96.2 Å². The first-order valence-corrected chi connectivity index (χ1v) is 5.78. The van der Waals surface area contributed by atoms with Crippen LogP contribution in [0.1, 0.15) is 44.7 Å². The summed E-state index contributed by atoms with van der Waals surface area (Å²) in [5.74, 6) is 5.76. The number of nitrogens with one attached hydrogen (secondary N) is 1. The minimum Gasteiger partial charge on any atom is -0.271 e. The van der Waals surface area contributed by atoms with Gasteiger partial charge in [-0.3, -0.25) is 16.3 Å². The molecule has 16 heavy (non-hydrogen) atoms. The standard InChI is InChI=1S/C12H20FN3/c1-3-9(4-2)7-12(16-14)10-5-6-15-8-11(10)13/h5-6,8-9,12,16H,3-4,7,14H2,1-2H3. The van der Waals surface area contributed by atoms with E-state index in [4.69, 9.17) is 5.84 Å². The van der Waals surface area contributed by atoms with Crippen LogP contribution in [0.3, 0.4) is 0 Å². The van der Waals surface area contributed by atoms with Crippen molar-refractivity contribution in [3.05, 3.63) is 29.8 Å². The van der Waals surface area contributed by atoms with E-state index in [0.29, 0.717) is 11.5 Å². The summed E-state index contributed by atoms with van der Waals surface area (Å²) in [6, 6.07) is 1.55. The number of aromatic nitrogens is 1. The molecule has 0 aliphatic rings. The van der Waals surface area contributed by atoms with Crippen molar-refractivity contribution in [2.75, 3.05) is 0 Å². The fourth-order valence-corrected chi connectivity index (χ4v) is 1.91. The van der Waals surface area contributed by atoms with Gasteiger partial charge in [0.05, 0.1) is 6.20 Å². The molecule has 0 fully saturated rings. The summed E-state index contributed by atoms with van der Waals surface area (Å²) in [6.45, 7) is 4.29. The normalized spacial score (nSPS) is 13.1. The Bertz CT molecular complexity index is 313. The van der Waals surface area contributed by atoms with Crippen molar-refractivity contribution >= 4 is 0 Å². The molecule has 0 saturated carbocycles. The maximum atomic E-state index is 13.5. The van der Waals surface area contributed by atoms with Crippen molar-refractivity contribution in [2.24, 2.45) is 11.8 Å². The number of nitrogens with zero attached hydrogens (tertiary/aromatic N) is 1. The van der Waals surface area contributed by atoms with Gasteiger partial charge in [0.2, 0.25) is 0 Å². The molecule has 0 bridgehead atoms. The second kappa shape index (κ2) is 6.55. The van der Waals surface area contributed by atoms with E-state index in [0.717, 1.165) is 19.3 Å². The van der Waals surface area contributed by atoms with Gasteiger partial charge in [-0.2, -0.15) is 0 Å². The monoisotopic (exact) mass is 225 g/mol. The van der Waals surface area contributed by atoms with E-state index in [1.165, 1.54) is 6.20 Å². The molecule has 0 amide bonds. The van der Waals surface area contributed by atoms with Crippen LogP contribution < -0.4 is 11.3 Å². The molecule has 1 unspecified atom stereocenters. The zero-order valence-electron chi connectivity index (χ0n) is 9.91. The van der Waals surface area contributed by atoms with Crippen molar-refractivity contribution < 1.29 is 4.39 Å². The molecule has 0 aliphatic heterocycles. The van der Waals surface area contributed by atoms with Gasteiger partial charge >= 0.3 is 0 Å². The van der Waals surface area contributed by atoms with Gasteiger partial charge in [-0.1, -0.05) is 26.7 Å². The molecular formula is C12H20FN3. The third-order valence-corrected chi connectivity index (χ3v) is 3.10. The van der Waals surface area contributed by atoms with E-state index in [9.17, 15) is 4.39 Å². The first-order valence-electron chi connectivity index (χ1n) is 5.78. The Morgan fingerprint density at radius 1 is 1.44 bits per heavy atom. The van der Waals surface area contributed by atoms with E-state index in [1.54, 1.807) is 12.3 Å². The zero-order valence-corrected chi connectivity index (χ0v) is 9.91. The van der Waals surface area contributed by atoms with Crippen LogP contribution in [-0.4, -0.2) is 4.98 Å². The average Bonchev–Trinajstić information content (AvgIpc) is 2.32. The number of hydrazine groups is 1. The van der Waals surface area contributed by atoms with Crippen molar-refractivity contribution in [3.63, 3.8) is 0 Å². The molecule has 1 aromatic heterocycles. The lowest BCUT2D eigenvalue weighted by Gasteiger charge is -2.21. The number of rotatable bonds is 6. The lowest BCUT2D eigenvalue weighted by atomic mass is 9.91. The Kier molecular flexibility index (Phi) is 5.35. The lowest BCUT2D eigenvalue weighted by Crippen LogP contribution is -2.30. The van der Waals surface area contributed by atoms with Crippen LogP contribution >= 0.6 is 0 Å². The Balaban J connectivity index is 2.78. The summed E-state index contributed by atoms with van der Waals surface area (Å²) in [6.07, 6.45) is 5.84. The number of pyridine rings is 1. The molecule has 3 N–H and O–H groups in total. The van der Waals surface area contributed by atoms with Crippen molar-refractivity contribution in [3.8, 4) is 0 Å². The van der Waals surface area contributed by atoms with Crippen molar-refractivity contribution in [1.82, 2.24) is 10.4 Å². The van der Waals surface area contributed by atoms with Crippen LogP contribution in [0.25, 0.3) is 0 Å². The van der Waals surface area contributed by atoms with Gasteiger partial charge in [-0.25, -0.2) is 4.39 Å². The highest BCUT2D eigenvalue weighted by molar-refractivity contribution is 5.17. The van der Waals surface area contributed by atoms with E-state index in [-0.39, 0.29) is 11.9 Å². The molecule has 1 aromatic rings. The Hall–Kier alpha value is -1.00. The fourth-order valence-electron chi connectivity index (χ4n) is 1.91. The predicted octanol–water partition coefficient (Wildman–Crippen LogP) is 2.55. The molecule has 0 spiro atoms. The highest BCUT2D eigenvalue weighted by Gasteiger charge is 2.17. The van der Waals surface area contributed by atoms with Gasteiger partial charge in [0.25, 0.3) is 0 Å². The highest BCUT2D eigenvalue weighted by Crippen LogP contribution is 2.25. The molecule has 0 aliphatic carbocycles. The number of hydrogen-bond donors (Lipinski definition) is 2. The highest BCUT2D eigenvalue weighted by atomic mass is 19.1. The van der Waals surface area contributed by atoms with Gasteiger partial charge in [0, 0.05) is 17.8 Å². The molecule has 90 valence electrons. The topological polar surface area (TPSA) is 50.9 Å². The Morgan fingerprint density at radius 3 is 2.62 bits per heavy atom. The summed E-state index contributed by atoms with van der Waals surface area (Å²) < 4.78 is 13.5. The first-order chi connectivity index (χ1) is 7.72. The SMILES string of the molecule is CCC(CC)CC(NN)c1ccncc1F. The number of halogens is 1. The minimum absolute atomic E-state index is 0.132. The summed E-state index contributed by atoms with van der Waals surface area (Å²) >= 11 is 0. The smallest absolute Gasteiger partial charge is 0.146 e. The molecule has 1 atom stereocenters. The van der Waals surface area contributed by atoms with Crippen molar-refractivity contribution in [1.29, 1.82) is 0 Å². The van der Waals surface area contributed by atoms with Crippen LogP contribution in [0.5, 0.6) is 0 Å². The van der Waals surface area contributed by atoms with Gasteiger partial charge in [-0.05, 0) is 18.4 Å². The fraction of sp³-hybridized carbons (Fsp3) is 0.583. The second-order valence-corrected chi connectivity index (χ2v) is 4.03. The first kappa shape index (κ1) is 13.1. The molecule has 0 aromatic carbocycles. The van der Waals surface area contributed by atoms with Crippen LogP contribution in [-0.2, 0) is 0 Å². The predicted molar refractivity (Wildman–Crippen MR) is 62.9 cm³/mol. The summed E-state index contributed by atoms with van der Waals surface area (Å²) in [5.41, 5.74) is 3.29. The van der Waals surface area contributed by atoms with E-state index < -0.39 is 0 Å². The second-order valence-electron chi connectivity index (χ2n) is 4.03. The van der Waals surface area contributed by atoms with Gasteiger partial charge in [0.15, 0.2) is 0 Å². The molecule has 0 radical (unpaired) electrons. The average molecular weight is 225 g/mol.